The Kier molecular flexibility index (Phi) is 4.14. The molecule has 6 nitrogen and oxygen atoms in total. The highest BCUT2D eigenvalue weighted by molar-refractivity contribution is 5.94. The number of nitro groups is 1. The number of rotatable bonds is 5. The van der Waals surface area contributed by atoms with Gasteiger partial charge in [-0.1, -0.05) is 0 Å². The summed E-state index contributed by atoms with van der Waals surface area (Å²) < 4.78 is 0. The van der Waals surface area contributed by atoms with Crippen molar-refractivity contribution in [3.8, 4) is 0 Å². The van der Waals surface area contributed by atoms with Gasteiger partial charge in [0.1, 0.15) is 5.69 Å². The maximum atomic E-state index is 11.3. The predicted octanol–water partition coefficient (Wildman–Crippen LogP) is 2.71. The monoisotopic (exact) mass is 275 g/mol. The highest BCUT2D eigenvalue weighted by Gasteiger charge is 2.20. The van der Waals surface area contributed by atoms with Crippen LogP contribution >= 0.6 is 0 Å². The fraction of sp³-hybridized carbons (Fsp3) is 0.357. The van der Waals surface area contributed by atoms with E-state index in [1.54, 1.807) is 37.4 Å². The number of hydrogen-bond donors (Lipinski definition) is 2. The summed E-state index contributed by atoms with van der Waals surface area (Å²) in [6, 6.07) is 6.71. The van der Waals surface area contributed by atoms with Crippen molar-refractivity contribution in [1.29, 1.82) is 0 Å². The summed E-state index contributed by atoms with van der Waals surface area (Å²) in [7, 11) is 0. The SMILES string of the molecule is CC(O)CC(C)Nc1ccc2ncccc2c1[N+](=O)[O-]. The Morgan fingerprint density at radius 2 is 2.15 bits per heavy atom. The van der Waals surface area contributed by atoms with E-state index in [0.29, 0.717) is 23.0 Å². The Balaban J connectivity index is 2.42. The van der Waals surface area contributed by atoms with E-state index in [1.165, 1.54) is 0 Å². The molecular weight excluding hydrogens is 258 g/mol. The number of hydrogen-bond acceptors (Lipinski definition) is 5. The summed E-state index contributed by atoms with van der Waals surface area (Å²) in [5.41, 5.74) is 1.06. The first-order valence-corrected chi connectivity index (χ1v) is 6.45. The minimum Gasteiger partial charge on any atom is -0.393 e. The molecule has 0 saturated carbocycles. The maximum Gasteiger partial charge on any atom is 0.301 e. The second-order valence-electron chi connectivity index (χ2n) is 4.92. The first-order valence-electron chi connectivity index (χ1n) is 6.45. The number of fused-ring (bicyclic) bond motifs is 1. The van der Waals surface area contributed by atoms with E-state index in [-0.39, 0.29) is 11.7 Å². The molecule has 0 aliphatic heterocycles. The number of pyridine rings is 1. The topological polar surface area (TPSA) is 88.3 Å². The third-order valence-corrected chi connectivity index (χ3v) is 3.04. The van der Waals surface area contributed by atoms with Gasteiger partial charge in [0.25, 0.3) is 0 Å². The number of nitro benzene ring substituents is 1. The number of benzene rings is 1. The van der Waals surface area contributed by atoms with E-state index < -0.39 is 11.0 Å². The molecule has 0 aliphatic carbocycles. The van der Waals surface area contributed by atoms with Gasteiger partial charge in [0.05, 0.1) is 21.9 Å². The maximum absolute atomic E-state index is 11.3. The van der Waals surface area contributed by atoms with Crippen LogP contribution in [0.3, 0.4) is 0 Å². The number of aliphatic hydroxyl groups excluding tert-OH is 1. The Bertz CT molecular complexity index is 628. The molecule has 1 heterocycles. The summed E-state index contributed by atoms with van der Waals surface area (Å²) in [5, 5.41) is 24.3. The first-order chi connectivity index (χ1) is 9.49. The molecule has 1 aromatic carbocycles. The van der Waals surface area contributed by atoms with Crippen LogP contribution < -0.4 is 5.32 Å². The smallest absolute Gasteiger partial charge is 0.301 e. The average molecular weight is 275 g/mol. The lowest BCUT2D eigenvalue weighted by molar-refractivity contribution is -0.382. The van der Waals surface area contributed by atoms with E-state index >= 15 is 0 Å². The van der Waals surface area contributed by atoms with Crippen molar-refractivity contribution < 1.29 is 10.0 Å². The summed E-state index contributed by atoms with van der Waals surface area (Å²) in [4.78, 5) is 15.0. The van der Waals surface area contributed by atoms with Crippen LogP contribution in [0.4, 0.5) is 11.4 Å². The van der Waals surface area contributed by atoms with Gasteiger partial charge >= 0.3 is 5.69 Å². The largest absolute Gasteiger partial charge is 0.393 e. The van der Waals surface area contributed by atoms with Crippen molar-refractivity contribution in [1.82, 2.24) is 4.98 Å². The van der Waals surface area contributed by atoms with Crippen LogP contribution in [0.1, 0.15) is 20.3 Å². The highest BCUT2D eigenvalue weighted by atomic mass is 16.6. The van der Waals surface area contributed by atoms with E-state index in [2.05, 4.69) is 10.3 Å². The molecule has 0 bridgehead atoms. The Morgan fingerprint density at radius 3 is 2.80 bits per heavy atom. The van der Waals surface area contributed by atoms with Crippen LogP contribution in [0.15, 0.2) is 30.5 Å². The number of nitrogens with one attached hydrogen (secondary N) is 1. The molecule has 106 valence electrons. The lowest BCUT2D eigenvalue weighted by Gasteiger charge is -2.17. The van der Waals surface area contributed by atoms with Gasteiger partial charge in [-0.2, -0.15) is 0 Å². The van der Waals surface area contributed by atoms with Gasteiger partial charge in [0, 0.05) is 12.2 Å². The van der Waals surface area contributed by atoms with Crippen LogP contribution in [0.25, 0.3) is 10.9 Å². The van der Waals surface area contributed by atoms with Crippen molar-refractivity contribution in [2.24, 2.45) is 0 Å². The molecule has 0 amide bonds. The normalized spacial score (nSPS) is 13.9. The third kappa shape index (κ3) is 3.03. The van der Waals surface area contributed by atoms with Gasteiger partial charge in [-0.15, -0.1) is 0 Å². The number of nitrogens with zero attached hydrogens (tertiary/aromatic N) is 2. The minimum atomic E-state index is -0.460. The van der Waals surface area contributed by atoms with Crippen LogP contribution in [0, 0.1) is 10.1 Å². The zero-order valence-electron chi connectivity index (χ0n) is 11.4. The molecular formula is C14H17N3O3. The average Bonchev–Trinajstić information content (AvgIpc) is 2.36. The zero-order valence-corrected chi connectivity index (χ0v) is 11.4. The second kappa shape index (κ2) is 5.83. The fourth-order valence-corrected chi connectivity index (χ4v) is 2.29. The molecule has 2 N–H and O–H groups in total. The minimum absolute atomic E-state index is 0.0213. The van der Waals surface area contributed by atoms with Crippen molar-refractivity contribution in [2.45, 2.75) is 32.4 Å². The molecule has 2 atom stereocenters. The van der Waals surface area contributed by atoms with Crippen LogP contribution in [-0.4, -0.2) is 27.2 Å². The molecule has 20 heavy (non-hydrogen) atoms. The Labute approximate surface area is 116 Å². The van der Waals surface area contributed by atoms with Gasteiger partial charge in [-0.25, -0.2) is 0 Å². The zero-order chi connectivity index (χ0) is 14.7. The molecule has 2 unspecified atom stereocenters. The predicted molar refractivity (Wildman–Crippen MR) is 77.8 cm³/mol. The van der Waals surface area contributed by atoms with E-state index in [9.17, 15) is 15.2 Å². The van der Waals surface area contributed by atoms with Gasteiger partial charge < -0.3 is 10.4 Å². The molecule has 2 aromatic rings. The van der Waals surface area contributed by atoms with Crippen molar-refractivity contribution in [3.05, 3.63) is 40.6 Å². The van der Waals surface area contributed by atoms with E-state index in [1.807, 2.05) is 6.92 Å². The van der Waals surface area contributed by atoms with Gasteiger partial charge in [0.2, 0.25) is 0 Å². The number of anilines is 1. The molecule has 6 heteroatoms. The lowest BCUT2D eigenvalue weighted by Crippen LogP contribution is -2.21. The molecule has 0 spiro atoms. The van der Waals surface area contributed by atoms with E-state index in [4.69, 9.17) is 0 Å². The molecule has 0 saturated heterocycles. The van der Waals surface area contributed by atoms with Gasteiger partial charge in [-0.3, -0.25) is 15.1 Å². The molecule has 2 rings (SSSR count). The van der Waals surface area contributed by atoms with Gasteiger partial charge in [-0.05, 0) is 44.5 Å². The lowest BCUT2D eigenvalue weighted by atomic mass is 10.1. The van der Waals surface area contributed by atoms with Crippen molar-refractivity contribution in [3.63, 3.8) is 0 Å². The van der Waals surface area contributed by atoms with Gasteiger partial charge in [0.15, 0.2) is 0 Å². The Hall–Kier alpha value is -2.21. The standard InChI is InChI=1S/C14H17N3O3/c1-9(8-10(2)18)16-13-6-5-12-11(4-3-7-15-12)14(13)17(19)20/h3-7,9-10,16,18H,8H2,1-2H3. The molecule has 0 fully saturated rings. The third-order valence-electron chi connectivity index (χ3n) is 3.04. The number of aliphatic hydroxyl groups is 1. The van der Waals surface area contributed by atoms with Crippen molar-refractivity contribution >= 4 is 22.3 Å². The number of aromatic nitrogens is 1. The molecule has 0 radical (unpaired) electrons. The summed E-state index contributed by atoms with van der Waals surface area (Å²) in [6.07, 6.45) is 1.66. The molecule has 0 aliphatic rings. The van der Waals surface area contributed by atoms with Crippen LogP contribution in [-0.2, 0) is 0 Å². The Morgan fingerprint density at radius 1 is 1.40 bits per heavy atom. The molecule has 1 aromatic heterocycles. The highest BCUT2D eigenvalue weighted by Crippen LogP contribution is 2.33. The fourth-order valence-electron chi connectivity index (χ4n) is 2.29. The van der Waals surface area contributed by atoms with E-state index in [0.717, 1.165) is 0 Å². The summed E-state index contributed by atoms with van der Waals surface area (Å²) in [6.45, 7) is 3.57. The van der Waals surface area contributed by atoms with Crippen LogP contribution in [0.2, 0.25) is 0 Å². The summed E-state index contributed by atoms with van der Waals surface area (Å²) in [5.74, 6) is 0. The first kappa shape index (κ1) is 14.2. The van der Waals surface area contributed by atoms with Crippen LogP contribution in [0.5, 0.6) is 0 Å². The quantitative estimate of drug-likeness (QED) is 0.647. The second-order valence-corrected chi connectivity index (χ2v) is 4.92. The van der Waals surface area contributed by atoms with Crippen molar-refractivity contribution in [2.75, 3.05) is 5.32 Å². The summed E-state index contributed by atoms with van der Waals surface area (Å²) >= 11 is 0.